The maximum atomic E-state index is 11.9. The van der Waals surface area contributed by atoms with Crippen LogP contribution in [0.25, 0.3) is 0 Å². The van der Waals surface area contributed by atoms with Crippen LogP contribution in [0.3, 0.4) is 0 Å². The summed E-state index contributed by atoms with van der Waals surface area (Å²) in [5.74, 6) is -0.0837. The zero-order valence-electron chi connectivity index (χ0n) is 11.8. The van der Waals surface area contributed by atoms with E-state index in [-0.39, 0.29) is 11.9 Å². The molecule has 1 aromatic heterocycles. The van der Waals surface area contributed by atoms with Gasteiger partial charge in [0.05, 0.1) is 6.33 Å². The van der Waals surface area contributed by atoms with Gasteiger partial charge in [-0.2, -0.15) is 0 Å². The van der Waals surface area contributed by atoms with Gasteiger partial charge in [0, 0.05) is 25.3 Å². The molecule has 1 rings (SSSR count). The molecule has 0 aliphatic rings. The second kappa shape index (κ2) is 7.16. The molecule has 1 N–H and O–H groups in total. The van der Waals surface area contributed by atoms with Crippen LogP contribution in [0.15, 0.2) is 12.5 Å². The summed E-state index contributed by atoms with van der Waals surface area (Å²) in [5, 5.41) is 2.95. The van der Waals surface area contributed by atoms with E-state index in [2.05, 4.69) is 22.1 Å². The van der Waals surface area contributed by atoms with Crippen molar-refractivity contribution in [3.05, 3.63) is 18.2 Å². The van der Waals surface area contributed by atoms with Crippen molar-refractivity contribution < 1.29 is 4.79 Å². The van der Waals surface area contributed by atoms with Crippen LogP contribution in [0.2, 0.25) is 0 Å². The SMILES string of the molecule is CCCC(C)NC(=O)c1cn(CCN(C)C)cn1. The van der Waals surface area contributed by atoms with Crippen molar-refractivity contribution in [2.75, 3.05) is 20.6 Å². The van der Waals surface area contributed by atoms with Crippen LogP contribution in [0, 0.1) is 0 Å². The van der Waals surface area contributed by atoms with Crippen LogP contribution in [0.4, 0.5) is 0 Å². The Bertz CT molecular complexity index is 373. The number of hydrogen-bond donors (Lipinski definition) is 1. The number of imidazole rings is 1. The molecule has 0 bridgehead atoms. The fourth-order valence-electron chi connectivity index (χ4n) is 1.72. The topological polar surface area (TPSA) is 50.2 Å². The van der Waals surface area contributed by atoms with Gasteiger partial charge in [-0.15, -0.1) is 0 Å². The van der Waals surface area contributed by atoms with E-state index in [1.165, 1.54) is 0 Å². The maximum absolute atomic E-state index is 11.9. The highest BCUT2D eigenvalue weighted by Crippen LogP contribution is 2.00. The molecule has 5 heteroatoms. The molecule has 0 saturated carbocycles. The number of nitrogens with one attached hydrogen (secondary N) is 1. The lowest BCUT2D eigenvalue weighted by molar-refractivity contribution is 0.0933. The smallest absolute Gasteiger partial charge is 0.271 e. The number of amides is 1. The van der Waals surface area contributed by atoms with Crippen LogP contribution in [-0.2, 0) is 6.54 Å². The molecule has 0 spiro atoms. The highest BCUT2D eigenvalue weighted by molar-refractivity contribution is 5.92. The lowest BCUT2D eigenvalue weighted by Crippen LogP contribution is -2.32. The van der Waals surface area contributed by atoms with Crippen molar-refractivity contribution in [3.8, 4) is 0 Å². The first kappa shape index (κ1) is 14.7. The van der Waals surface area contributed by atoms with Crippen LogP contribution in [0.5, 0.6) is 0 Å². The summed E-state index contributed by atoms with van der Waals surface area (Å²) in [7, 11) is 4.05. The Kier molecular flexibility index (Phi) is 5.85. The molecule has 0 saturated heterocycles. The zero-order chi connectivity index (χ0) is 13.5. The van der Waals surface area contributed by atoms with Crippen molar-refractivity contribution in [1.29, 1.82) is 0 Å². The Hall–Kier alpha value is -1.36. The van der Waals surface area contributed by atoms with E-state index in [4.69, 9.17) is 0 Å². The minimum absolute atomic E-state index is 0.0837. The highest BCUT2D eigenvalue weighted by atomic mass is 16.1. The van der Waals surface area contributed by atoms with Gasteiger partial charge >= 0.3 is 0 Å². The van der Waals surface area contributed by atoms with E-state index in [1.54, 1.807) is 12.5 Å². The molecule has 0 aromatic carbocycles. The standard InChI is InChI=1S/C13H24N4O/c1-5-6-11(2)15-13(18)12-9-17(10-14-12)8-7-16(3)4/h9-11H,5-8H2,1-4H3,(H,15,18). The minimum Gasteiger partial charge on any atom is -0.348 e. The van der Waals surface area contributed by atoms with Gasteiger partial charge in [-0.1, -0.05) is 13.3 Å². The number of aromatic nitrogens is 2. The summed E-state index contributed by atoms with van der Waals surface area (Å²) >= 11 is 0. The van der Waals surface area contributed by atoms with Gasteiger partial charge in [-0.05, 0) is 27.4 Å². The highest BCUT2D eigenvalue weighted by Gasteiger charge is 2.11. The normalized spacial score (nSPS) is 12.7. The third kappa shape index (κ3) is 4.87. The molecule has 1 atom stereocenters. The molecule has 102 valence electrons. The van der Waals surface area contributed by atoms with Crippen LogP contribution >= 0.6 is 0 Å². The third-order valence-electron chi connectivity index (χ3n) is 2.77. The van der Waals surface area contributed by atoms with Crippen molar-refractivity contribution in [3.63, 3.8) is 0 Å². The van der Waals surface area contributed by atoms with Gasteiger partial charge in [0.2, 0.25) is 0 Å². The zero-order valence-corrected chi connectivity index (χ0v) is 11.8. The molecular formula is C13H24N4O. The molecule has 1 aromatic rings. The monoisotopic (exact) mass is 252 g/mol. The fraction of sp³-hybridized carbons (Fsp3) is 0.692. The van der Waals surface area contributed by atoms with E-state index in [1.807, 2.05) is 25.6 Å². The molecule has 1 amide bonds. The van der Waals surface area contributed by atoms with Crippen molar-refractivity contribution in [1.82, 2.24) is 19.8 Å². The lowest BCUT2D eigenvalue weighted by atomic mass is 10.2. The number of hydrogen-bond acceptors (Lipinski definition) is 3. The predicted molar refractivity (Wildman–Crippen MR) is 72.6 cm³/mol. The number of likely N-dealkylation sites (N-methyl/N-ethyl adjacent to an activating group) is 1. The Morgan fingerprint density at radius 1 is 1.56 bits per heavy atom. The van der Waals surface area contributed by atoms with Gasteiger partial charge in [0.15, 0.2) is 0 Å². The van der Waals surface area contributed by atoms with E-state index in [0.717, 1.165) is 25.9 Å². The lowest BCUT2D eigenvalue weighted by Gasteiger charge is -2.11. The average Bonchev–Trinajstić information content (AvgIpc) is 2.75. The fourth-order valence-corrected chi connectivity index (χ4v) is 1.72. The van der Waals surface area contributed by atoms with Gasteiger partial charge in [-0.3, -0.25) is 4.79 Å². The second-order valence-corrected chi connectivity index (χ2v) is 4.96. The van der Waals surface area contributed by atoms with E-state index < -0.39 is 0 Å². The largest absolute Gasteiger partial charge is 0.348 e. The number of carbonyl (C=O) groups excluding carboxylic acids is 1. The quantitative estimate of drug-likeness (QED) is 0.797. The van der Waals surface area contributed by atoms with Crippen molar-refractivity contribution in [2.24, 2.45) is 0 Å². The first-order chi connectivity index (χ1) is 8.52. The molecule has 1 heterocycles. The van der Waals surface area contributed by atoms with E-state index in [0.29, 0.717) is 5.69 Å². The molecule has 5 nitrogen and oxygen atoms in total. The van der Waals surface area contributed by atoms with Crippen LogP contribution in [0.1, 0.15) is 37.2 Å². The Morgan fingerprint density at radius 2 is 2.28 bits per heavy atom. The summed E-state index contributed by atoms with van der Waals surface area (Å²) in [6.45, 7) is 5.91. The van der Waals surface area contributed by atoms with E-state index in [9.17, 15) is 4.79 Å². The van der Waals surface area contributed by atoms with Gasteiger partial charge in [0.25, 0.3) is 5.91 Å². The third-order valence-corrected chi connectivity index (χ3v) is 2.77. The molecule has 0 radical (unpaired) electrons. The second-order valence-electron chi connectivity index (χ2n) is 4.96. The molecule has 0 aliphatic carbocycles. The van der Waals surface area contributed by atoms with Gasteiger partial charge in [-0.25, -0.2) is 4.98 Å². The number of carbonyl (C=O) groups is 1. The summed E-state index contributed by atoms with van der Waals surface area (Å²) in [6.07, 6.45) is 5.58. The minimum atomic E-state index is -0.0837. The van der Waals surface area contributed by atoms with Crippen LogP contribution < -0.4 is 5.32 Å². The molecular weight excluding hydrogens is 228 g/mol. The summed E-state index contributed by atoms with van der Waals surface area (Å²) in [5.41, 5.74) is 0.497. The average molecular weight is 252 g/mol. The van der Waals surface area contributed by atoms with Gasteiger partial charge in [0.1, 0.15) is 5.69 Å². The summed E-state index contributed by atoms with van der Waals surface area (Å²) in [4.78, 5) is 18.1. The molecule has 18 heavy (non-hydrogen) atoms. The predicted octanol–water partition coefficient (Wildman–Crippen LogP) is 1.36. The number of nitrogens with zero attached hydrogens (tertiary/aromatic N) is 3. The Morgan fingerprint density at radius 3 is 2.89 bits per heavy atom. The number of rotatable bonds is 7. The Labute approximate surface area is 109 Å². The maximum Gasteiger partial charge on any atom is 0.271 e. The molecule has 0 fully saturated rings. The Balaban J connectivity index is 2.49. The summed E-state index contributed by atoms with van der Waals surface area (Å²) < 4.78 is 1.94. The molecule has 1 unspecified atom stereocenters. The molecule has 0 aliphatic heterocycles. The van der Waals surface area contributed by atoms with Gasteiger partial charge < -0.3 is 14.8 Å². The van der Waals surface area contributed by atoms with Crippen molar-refractivity contribution >= 4 is 5.91 Å². The summed E-state index contributed by atoms with van der Waals surface area (Å²) in [6, 6.07) is 0.203. The first-order valence-corrected chi connectivity index (χ1v) is 6.50. The van der Waals surface area contributed by atoms with Crippen molar-refractivity contribution in [2.45, 2.75) is 39.3 Å². The van der Waals surface area contributed by atoms with E-state index >= 15 is 0 Å². The van der Waals surface area contributed by atoms with Crippen LogP contribution in [-0.4, -0.2) is 47.0 Å². The first-order valence-electron chi connectivity index (χ1n) is 6.50.